The van der Waals surface area contributed by atoms with Crippen molar-refractivity contribution < 1.29 is 19.1 Å². The molecular formula is C16H19ClN2O4. The van der Waals surface area contributed by atoms with E-state index in [1.54, 1.807) is 12.1 Å². The molecule has 6 nitrogen and oxygen atoms in total. The van der Waals surface area contributed by atoms with E-state index >= 15 is 0 Å². The van der Waals surface area contributed by atoms with Gasteiger partial charge in [0.1, 0.15) is 5.70 Å². The van der Waals surface area contributed by atoms with Gasteiger partial charge in [0.15, 0.2) is 11.5 Å². The molecule has 1 aliphatic rings. The van der Waals surface area contributed by atoms with Crippen molar-refractivity contribution in [1.29, 1.82) is 0 Å². The minimum atomic E-state index is -0.419. The lowest BCUT2D eigenvalue weighted by atomic mass is 10.1. The summed E-state index contributed by atoms with van der Waals surface area (Å²) in [5.74, 6) is 0.669. The van der Waals surface area contributed by atoms with Crippen LogP contribution in [0.1, 0.15) is 25.8 Å². The number of nitrogens with zero attached hydrogens (tertiary/aromatic N) is 1. The second kappa shape index (κ2) is 7.37. The third-order valence-corrected chi connectivity index (χ3v) is 3.62. The van der Waals surface area contributed by atoms with Gasteiger partial charge in [0.05, 0.1) is 18.7 Å². The Kier molecular flexibility index (Phi) is 5.50. The van der Waals surface area contributed by atoms with Gasteiger partial charge >= 0.3 is 6.03 Å². The van der Waals surface area contributed by atoms with Crippen molar-refractivity contribution in [2.24, 2.45) is 0 Å². The minimum Gasteiger partial charge on any atom is -0.493 e. The first-order chi connectivity index (χ1) is 11.0. The maximum Gasteiger partial charge on any atom is 0.329 e. The quantitative estimate of drug-likeness (QED) is 0.639. The molecule has 1 aliphatic heterocycles. The van der Waals surface area contributed by atoms with E-state index in [-0.39, 0.29) is 11.6 Å². The van der Waals surface area contributed by atoms with Gasteiger partial charge < -0.3 is 14.8 Å². The first kappa shape index (κ1) is 17.1. The highest BCUT2D eigenvalue weighted by atomic mass is 35.5. The van der Waals surface area contributed by atoms with E-state index in [4.69, 9.17) is 21.1 Å². The molecule has 1 N–H and O–H groups in total. The van der Waals surface area contributed by atoms with E-state index in [0.717, 1.165) is 0 Å². The number of carbonyl (C=O) groups is 2. The van der Waals surface area contributed by atoms with E-state index in [1.165, 1.54) is 18.1 Å². The molecule has 2 rings (SSSR count). The number of amides is 3. The molecule has 1 saturated heterocycles. The van der Waals surface area contributed by atoms with Gasteiger partial charge in [-0.2, -0.15) is 0 Å². The van der Waals surface area contributed by atoms with Gasteiger partial charge in [-0.3, -0.25) is 9.69 Å². The highest BCUT2D eigenvalue weighted by Crippen LogP contribution is 2.34. The number of rotatable bonds is 6. The van der Waals surface area contributed by atoms with E-state index < -0.39 is 6.03 Å². The summed E-state index contributed by atoms with van der Waals surface area (Å²) in [6, 6.07) is 2.88. The number of methoxy groups -OCH3 is 1. The molecule has 1 aromatic rings. The SMILES string of the molecule is CCCN1C(=O)N/C(=C/c2cc(OC)c(OCC)cc2Cl)C1=O. The monoisotopic (exact) mass is 338 g/mol. The zero-order valence-electron chi connectivity index (χ0n) is 13.3. The lowest BCUT2D eigenvalue weighted by Crippen LogP contribution is -2.31. The van der Waals surface area contributed by atoms with Crippen LogP contribution in [0.2, 0.25) is 5.02 Å². The van der Waals surface area contributed by atoms with Gasteiger partial charge in [-0.25, -0.2) is 4.79 Å². The fourth-order valence-corrected chi connectivity index (χ4v) is 2.45. The molecule has 1 heterocycles. The van der Waals surface area contributed by atoms with E-state index in [0.29, 0.717) is 41.7 Å². The smallest absolute Gasteiger partial charge is 0.329 e. The van der Waals surface area contributed by atoms with Crippen molar-refractivity contribution in [2.45, 2.75) is 20.3 Å². The maximum atomic E-state index is 12.2. The average Bonchev–Trinajstić information content (AvgIpc) is 2.78. The topological polar surface area (TPSA) is 67.9 Å². The minimum absolute atomic E-state index is 0.191. The maximum absolute atomic E-state index is 12.2. The number of hydrogen-bond donors (Lipinski definition) is 1. The Bertz CT molecular complexity index is 658. The number of carbonyl (C=O) groups excluding carboxylic acids is 2. The molecule has 7 heteroatoms. The van der Waals surface area contributed by atoms with E-state index in [9.17, 15) is 9.59 Å². The van der Waals surface area contributed by atoms with Crippen LogP contribution in [-0.2, 0) is 4.79 Å². The Hall–Kier alpha value is -2.21. The van der Waals surface area contributed by atoms with Gasteiger partial charge in [0.25, 0.3) is 5.91 Å². The summed E-state index contributed by atoms with van der Waals surface area (Å²) in [7, 11) is 1.52. The van der Waals surface area contributed by atoms with Crippen LogP contribution >= 0.6 is 11.6 Å². The second-order valence-corrected chi connectivity index (χ2v) is 5.31. The fraction of sp³-hybridized carbons (Fsp3) is 0.375. The van der Waals surface area contributed by atoms with Crippen molar-refractivity contribution >= 4 is 29.6 Å². The third kappa shape index (κ3) is 3.59. The predicted molar refractivity (Wildman–Crippen MR) is 87.7 cm³/mol. The Labute approximate surface area is 140 Å². The molecule has 0 atom stereocenters. The van der Waals surface area contributed by atoms with Crippen molar-refractivity contribution in [3.8, 4) is 11.5 Å². The molecule has 0 radical (unpaired) electrons. The molecule has 0 unspecified atom stereocenters. The van der Waals surface area contributed by atoms with Crippen molar-refractivity contribution in [2.75, 3.05) is 20.3 Å². The van der Waals surface area contributed by atoms with Crippen LogP contribution in [0.25, 0.3) is 6.08 Å². The molecule has 23 heavy (non-hydrogen) atoms. The molecule has 1 aromatic carbocycles. The zero-order valence-corrected chi connectivity index (χ0v) is 14.1. The summed E-state index contributed by atoms with van der Waals surface area (Å²) in [6.45, 7) is 4.62. The Balaban J connectivity index is 2.36. The first-order valence-electron chi connectivity index (χ1n) is 7.36. The third-order valence-electron chi connectivity index (χ3n) is 3.29. The predicted octanol–water partition coefficient (Wildman–Crippen LogP) is 3.05. The van der Waals surface area contributed by atoms with Gasteiger partial charge in [0.2, 0.25) is 0 Å². The summed E-state index contributed by atoms with van der Waals surface area (Å²) in [5.41, 5.74) is 0.755. The summed E-state index contributed by atoms with van der Waals surface area (Å²) in [6.07, 6.45) is 2.24. The largest absolute Gasteiger partial charge is 0.493 e. The van der Waals surface area contributed by atoms with Gasteiger partial charge in [-0.1, -0.05) is 18.5 Å². The zero-order chi connectivity index (χ0) is 17.0. The number of halogens is 1. The van der Waals surface area contributed by atoms with Crippen LogP contribution in [-0.4, -0.2) is 37.1 Å². The molecule has 0 bridgehead atoms. The van der Waals surface area contributed by atoms with Crippen LogP contribution < -0.4 is 14.8 Å². The molecule has 0 saturated carbocycles. The molecule has 3 amide bonds. The Morgan fingerprint density at radius 1 is 1.26 bits per heavy atom. The van der Waals surface area contributed by atoms with E-state index in [2.05, 4.69) is 5.32 Å². The second-order valence-electron chi connectivity index (χ2n) is 4.90. The van der Waals surface area contributed by atoms with Gasteiger partial charge in [-0.05, 0) is 31.1 Å². The van der Waals surface area contributed by atoms with Gasteiger partial charge in [0, 0.05) is 12.6 Å². The molecular weight excluding hydrogens is 320 g/mol. The van der Waals surface area contributed by atoms with Gasteiger partial charge in [-0.15, -0.1) is 0 Å². The standard InChI is InChI=1S/C16H19ClN2O4/c1-4-6-19-15(20)12(18-16(19)21)7-10-8-13(22-3)14(23-5-2)9-11(10)17/h7-9H,4-6H2,1-3H3,(H,18,21)/b12-7+. The average molecular weight is 339 g/mol. The Morgan fingerprint density at radius 3 is 2.61 bits per heavy atom. The molecule has 1 fully saturated rings. The Morgan fingerprint density at radius 2 is 2.00 bits per heavy atom. The van der Waals surface area contributed by atoms with Crippen LogP contribution in [0.5, 0.6) is 11.5 Å². The lowest BCUT2D eigenvalue weighted by molar-refractivity contribution is -0.122. The first-order valence-corrected chi connectivity index (χ1v) is 7.74. The van der Waals surface area contributed by atoms with E-state index in [1.807, 2.05) is 13.8 Å². The van der Waals surface area contributed by atoms with Crippen LogP contribution in [0.4, 0.5) is 4.79 Å². The highest BCUT2D eigenvalue weighted by Gasteiger charge is 2.32. The number of imide groups is 1. The summed E-state index contributed by atoms with van der Waals surface area (Å²) >= 11 is 6.24. The molecule has 124 valence electrons. The van der Waals surface area contributed by atoms with Crippen molar-refractivity contribution in [3.05, 3.63) is 28.4 Å². The fourth-order valence-electron chi connectivity index (χ4n) is 2.24. The number of nitrogens with one attached hydrogen (secondary N) is 1. The molecule has 0 spiro atoms. The summed E-state index contributed by atoms with van der Waals surface area (Å²) in [4.78, 5) is 25.2. The normalized spacial score (nSPS) is 16.0. The number of benzene rings is 1. The lowest BCUT2D eigenvalue weighted by Gasteiger charge is -2.11. The van der Waals surface area contributed by atoms with Crippen LogP contribution in [0, 0.1) is 0 Å². The summed E-state index contributed by atoms with van der Waals surface area (Å²) in [5, 5.41) is 2.96. The van der Waals surface area contributed by atoms with Crippen LogP contribution in [0.15, 0.2) is 17.8 Å². The van der Waals surface area contributed by atoms with Crippen LogP contribution in [0.3, 0.4) is 0 Å². The van der Waals surface area contributed by atoms with Crippen molar-refractivity contribution in [1.82, 2.24) is 10.2 Å². The molecule has 0 aromatic heterocycles. The molecule has 0 aliphatic carbocycles. The highest BCUT2D eigenvalue weighted by molar-refractivity contribution is 6.32. The summed E-state index contributed by atoms with van der Waals surface area (Å²) < 4.78 is 10.7. The number of hydrogen-bond acceptors (Lipinski definition) is 4. The number of ether oxygens (including phenoxy) is 2. The van der Waals surface area contributed by atoms with Crippen molar-refractivity contribution in [3.63, 3.8) is 0 Å². The number of urea groups is 1.